The van der Waals surface area contributed by atoms with Crippen LogP contribution in [-0.4, -0.2) is 51.4 Å². The number of pyridine rings is 1. The first kappa shape index (κ1) is 12.3. The van der Waals surface area contributed by atoms with Gasteiger partial charge in [-0.15, -0.1) is 0 Å². The molecule has 0 saturated carbocycles. The Labute approximate surface area is 97.7 Å². The van der Waals surface area contributed by atoms with E-state index >= 15 is 0 Å². The third-order valence-corrected chi connectivity index (χ3v) is 2.99. The highest BCUT2D eigenvalue weighted by Gasteiger charge is 2.39. The smallest absolute Gasteiger partial charge is 0.250 e. The second-order valence-corrected chi connectivity index (χ2v) is 4.05. The lowest BCUT2D eigenvalue weighted by molar-refractivity contribution is -0.170. The van der Waals surface area contributed by atoms with Gasteiger partial charge in [0.1, 0.15) is 18.3 Å². The van der Waals surface area contributed by atoms with Gasteiger partial charge in [0.25, 0.3) is 5.56 Å². The Kier molecular flexibility index (Phi) is 3.58. The molecule has 1 aromatic rings. The van der Waals surface area contributed by atoms with Gasteiger partial charge in [0.2, 0.25) is 0 Å². The van der Waals surface area contributed by atoms with Crippen molar-refractivity contribution < 1.29 is 20.1 Å². The highest BCUT2D eigenvalue weighted by Crippen LogP contribution is 2.23. The largest absolute Gasteiger partial charge is 0.394 e. The van der Waals surface area contributed by atoms with Crippen molar-refractivity contribution in [3.63, 3.8) is 0 Å². The lowest BCUT2D eigenvalue weighted by Gasteiger charge is -2.37. The average Bonchev–Trinajstić information content (AvgIpc) is 2.34. The molecule has 17 heavy (non-hydrogen) atoms. The van der Waals surface area contributed by atoms with Crippen LogP contribution in [0.5, 0.6) is 0 Å². The van der Waals surface area contributed by atoms with Crippen LogP contribution in [0.1, 0.15) is 6.04 Å². The van der Waals surface area contributed by atoms with Crippen LogP contribution >= 0.6 is 0 Å². The van der Waals surface area contributed by atoms with E-state index in [9.17, 15) is 15.0 Å². The molecule has 1 saturated heterocycles. The van der Waals surface area contributed by atoms with E-state index in [1.165, 1.54) is 16.8 Å². The molecule has 1 aliphatic rings. The third-order valence-electron chi connectivity index (χ3n) is 2.99. The van der Waals surface area contributed by atoms with Crippen molar-refractivity contribution in [2.24, 2.45) is 0 Å². The summed E-state index contributed by atoms with van der Waals surface area (Å²) in [6.07, 6.45) is -1.61. The minimum atomic E-state index is -1.20. The molecule has 94 valence electrons. The van der Waals surface area contributed by atoms with Crippen molar-refractivity contribution in [3.8, 4) is 0 Å². The van der Waals surface area contributed by atoms with E-state index in [-0.39, 0.29) is 18.8 Å². The highest BCUT2D eigenvalue weighted by atomic mass is 16.5. The molecule has 0 radical (unpaired) electrons. The van der Waals surface area contributed by atoms with Crippen molar-refractivity contribution in [2.45, 2.75) is 24.4 Å². The predicted octanol–water partition coefficient (Wildman–Crippen LogP) is -1.50. The zero-order chi connectivity index (χ0) is 12.4. The van der Waals surface area contributed by atoms with Gasteiger partial charge in [-0.1, -0.05) is 6.07 Å². The fourth-order valence-corrected chi connectivity index (χ4v) is 1.99. The summed E-state index contributed by atoms with van der Waals surface area (Å²) in [5.74, 6) is 0. The number of hydrogen-bond donors (Lipinski definition) is 3. The van der Waals surface area contributed by atoms with Crippen LogP contribution < -0.4 is 5.56 Å². The van der Waals surface area contributed by atoms with E-state index in [4.69, 9.17) is 9.84 Å². The van der Waals surface area contributed by atoms with E-state index in [2.05, 4.69) is 0 Å². The molecule has 2 rings (SSSR count). The van der Waals surface area contributed by atoms with Crippen LogP contribution in [-0.2, 0) is 4.74 Å². The quantitative estimate of drug-likeness (QED) is 0.586. The Morgan fingerprint density at radius 3 is 2.76 bits per heavy atom. The van der Waals surface area contributed by atoms with Gasteiger partial charge in [-0.2, -0.15) is 0 Å². The van der Waals surface area contributed by atoms with Crippen molar-refractivity contribution in [1.29, 1.82) is 0 Å². The van der Waals surface area contributed by atoms with Gasteiger partial charge in [-0.25, -0.2) is 0 Å². The van der Waals surface area contributed by atoms with E-state index in [1.54, 1.807) is 12.1 Å². The summed E-state index contributed by atoms with van der Waals surface area (Å²) in [5, 5.41) is 28.6. The Morgan fingerprint density at radius 2 is 2.12 bits per heavy atom. The molecule has 3 N–H and O–H groups in total. The zero-order valence-electron chi connectivity index (χ0n) is 9.14. The molecular weight excluding hydrogens is 226 g/mol. The fourth-order valence-electron chi connectivity index (χ4n) is 1.99. The van der Waals surface area contributed by atoms with Crippen LogP contribution in [0.2, 0.25) is 0 Å². The summed E-state index contributed by atoms with van der Waals surface area (Å²) in [6, 6.07) is 4.00. The second kappa shape index (κ2) is 4.97. The number of aliphatic hydroxyl groups is 3. The first-order valence-corrected chi connectivity index (χ1v) is 5.41. The van der Waals surface area contributed by atoms with E-state index in [0.29, 0.717) is 0 Å². The lowest BCUT2D eigenvalue weighted by Crippen LogP contribution is -2.53. The summed E-state index contributed by atoms with van der Waals surface area (Å²) in [6.45, 7) is -0.290. The minimum absolute atomic E-state index is 0.0768. The summed E-state index contributed by atoms with van der Waals surface area (Å²) in [5.41, 5.74) is -0.269. The van der Waals surface area contributed by atoms with Gasteiger partial charge in [-0.05, 0) is 6.07 Å². The van der Waals surface area contributed by atoms with Crippen molar-refractivity contribution in [1.82, 2.24) is 4.57 Å². The van der Waals surface area contributed by atoms with Gasteiger partial charge in [0.05, 0.1) is 19.3 Å². The van der Waals surface area contributed by atoms with E-state index < -0.39 is 24.4 Å². The van der Waals surface area contributed by atoms with Crippen molar-refractivity contribution in [2.75, 3.05) is 13.2 Å². The summed E-state index contributed by atoms with van der Waals surface area (Å²) in [4.78, 5) is 11.6. The first-order valence-electron chi connectivity index (χ1n) is 5.41. The van der Waals surface area contributed by atoms with Crippen molar-refractivity contribution >= 4 is 0 Å². The number of hydrogen-bond acceptors (Lipinski definition) is 5. The van der Waals surface area contributed by atoms with Crippen LogP contribution in [0, 0.1) is 0 Å². The maximum atomic E-state index is 11.6. The van der Waals surface area contributed by atoms with Gasteiger partial charge in [0, 0.05) is 12.3 Å². The number of ether oxygens (including phenoxy) is 1. The zero-order valence-corrected chi connectivity index (χ0v) is 9.14. The molecule has 0 spiro atoms. The number of aromatic nitrogens is 1. The number of rotatable bonds is 2. The molecule has 1 aromatic heterocycles. The van der Waals surface area contributed by atoms with Crippen LogP contribution in [0.4, 0.5) is 0 Å². The average molecular weight is 241 g/mol. The first-order chi connectivity index (χ1) is 8.15. The predicted molar refractivity (Wildman–Crippen MR) is 58.6 cm³/mol. The molecule has 3 unspecified atom stereocenters. The molecule has 0 aromatic carbocycles. The topological polar surface area (TPSA) is 91.9 Å². The summed E-state index contributed by atoms with van der Waals surface area (Å²) in [7, 11) is 0. The standard InChI is InChI=1S/C11H15NO5/c13-5-8-11(16)10(15)7(6-17-8)12-4-2-1-3-9(12)14/h1-4,7-8,10-11,13,15-16H,5-6H2/t7-,8?,10?,11?/m1/s1. The SMILES string of the molecule is O=c1ccccn1[C@@H]1COC(CO)C(O)C1O. The Balaban J connectivity index is 2.24. The summed E-state index contributed by atoms with van der Waals surface area (Å²) >= 11 is 0. The normalized spacial score (nSPS) is 33.6. The summed E-state index contributed by atoms with van der Waals surface area (Å²) < 4.78 is 6.53. The Morgan fingerprint density at radius 1 is 1.35 bits per heavy atom. The number of aliphatic hydroxyl groups excluding tert-OH is 3. The molecule has 4 atom stereocenters. The molecule has 2 heterocycles. The Hall–Kier alpha value is -1.21. The Bertz CT molecular complexity index is 432. The third kappa shape index (κ3) is 2.25. The van der Waals surface area contributed by atoms with Crippen LogP contribution in [0.25, 0.3) is 0 Å². The van der Waals surface area contributed by atoms with Crippen molar-refractivity contribution in [3.05, 3.63) is 34.7 Å². The molecular formula is C11H15NO5. The van der Waals surface area contributed by atoms with Crippen LogP contribution in [0.15, 0.2) is 29.2 Å². The van der Waals surface area contributed by atoms with Gasteiger partial charge in [-0.3, -0.25) is 4.79 Å². The highest BCUT2D eigenvalue weighted by molar-refractivity contribution is 4.99. The van der Waals surface area contributed by atoms with Crippen LogP contribution in [0.3, 0.4) is 0 Å². The number of nitrogens with zero attached hydrogens (tertiary/aromatic N) is 1. The second-order valence-electron chi connectivity index (χ2n) is 4.05. The molecule has 0 amide bonds. The maximum Gasteiger partial charge on any atom is 0.250 e. The molecule has 1 fully saturated rings. The monoisotopic (exact) mass is 241 g/mol. The molecule has 0 aliphatic carbocycles. The van der Waals surface area contributed by atoms with E-state index in [0.717, 1.165) is 0 Å². The fraction of sp³-hybridized carbons (Fsp3) is 0.545. The molecule has 6 heteroatoms. The van der Waals surface area contributed by atoms with Gasteiger partial charge in [0.15, 0.2) is 0 Å². The maximum absolute atomic E-state index is 11.6. The van der Waals surface area contributed by atoms with E-state index in [1.807, 2.05) is 0 Å². The van der Waals surface area contributed by atoms with Gasteiger partial charge >= 0.3 is 0 Å². The lowest BCUT2D eigenvalue weighted by atomic mass is 9.98. The molecule has 6 nitrogen and oxygen atoms in total. The molecule has 0 bridgehead atoms. The molecule has 1 aliphatic heterocycles. The van der Waals surface area contributed by atoms with Gasteiger partial charge < -0.3 is 24.6 Å². The minimum Gasteiger partial charge on any atom is -0.394 e.